The van der Waals surface area contributed by atoms with Crippen molar-refractivity contribution in [2.24, 2.45) is 0 Å². The maximum Gasteiger partial charge on any atom is 0.269 e. The van der Waals surface area contributed by atoms with Gasteiger partial charge in [-0.2, -0.15) is 0 Å². The Bertz CT molecular complexity index is 312. The maximum atomic E-state index is 10.3. The predicted molar refractivity (Wildman–Crippen MR) is 53.5 cm³/mol. The van der Waals surface area contributed by atoms with E-state index in [4.69, 9.17) is 16.3 Å². The number of non-ortho nitro benzene ring substituents is 1. The van der Waals surface area contributed by atoms with Gasteiger partial charge in [-0.05, 0) is 5.56 Å². The number of rotatable bonds is 4. The second-order valence-corrected chi connectivity index (χ2v) is 3.26. The van der Waals surface area contributed by atoms with Crippen LogP contribution in [0.4, 0.5) is 5.69 Å². The van der Waals surface area contributed by atoms with E-state index in [1.54, 1.807) is 12.1 Å². The van der Waals surface area contributed by atoms with Crippen molar-refractivity contribution in [3.63, 3.8) is 0 Å². The Morgan fingerprint density at radius 3 is 2.50 bits per heavy atom. The molecule has 1 rings (SSSR count). The third-order valence-electron chi connectivity index (χ3n) is 1.80. The van der Waals surface area contributed by atoms with Gasteiger partial charge in [-0.25, -0.2) is 0 Å². The zero-order valence-corrected chi connectivity index (χ0v) is 8.40. The summed E-state index contributed by atoms with van der Waals surface area (Å²) in [6.45, 7) is 0. The summed E-state index contributed by atoms with van der Waals surface area (Å²) in [7, 11) is 1.52. The summed E-state index contributed by atoms with van der Waals surface area (Å²) in [4.78, 5) is 9.91. The monoisotopic (exact) mass is 215 g/mol. The second kappa shape index (κ2) is 4.93. The summed E-state index contributed by atoms with van der Waals surface area (Å²) >= 11 is 5.75. The highest BCUT2D eigenvalue weighted by atomic mass is 35.5. The van der Waals surface area contributed by atoms with E-state index >= 15 is 0 Å². The molecule has 14 heavy (non-hydrogen) atoms. The molecule has 4 nitrogen and oxygen atoms in total. The summed E-state index contributed by atoms with van der Waals surface area (Å²) in [5.74, 6) is 0. The van der Waals surface area contributed by atoms with Crippen LogP contribution in [0.25, 0.3) is 0 Å². The normalized spacial score (nSPS) is 12.4. The highest BCUT2D eigenvalue weighted by Crippen LogP contribution is 2.14. The van der Waals surface area contributed by atoms with Gasteiger partial charge < -0.3 is 4.74 Å². The maximum absolute atomic E-state index is 10.3. The average molecular weight is 216 g/mol. The molecule has 1 atom stereocenters. The fourth-order valence-electron chi connectivity index (χ4n) is 1.02. The minimum Gasteiger partial charge on any atom is -0.365 e. The molecule has 0 amide bonds. The Labute approximate surface area is 86.6 Å². The highest BCUT2D eigenvalue weighted by molar-refractivity contribution is 6.19. The molecular formula is C9H10ClNO3. The SMILES string of the molecule is COC(Cl)Cc1ccc([N+](=O)[O-])cc1. The zero-order valence-electron chi connectivity index (χ0n) is 7.64. The van der Waals surface area contributed by atoms with Crippen molar-refractivity contribution in [2.45, 2.75) is 12.0 Å². The summed E-state index contributed by atoms with van der Waals surface area (Å²) in [5.41, 5.74) is 0.603. The standard InChI is InChI=1S/C9H10ClNO3/c1-14-9(10)6-7-2-4-8(5-3-7)11(12)13/h2-5,9H,6H2,1H3. The number of nitrogens with zero attached hydrogens (tertiary/aromatic N) is 1. The smallest absolute Gasteiger partial charge is 0.269 e. The van der Waals surface area contributed by atoms with E-state index in [2.05, 4.69) is 0 Å². The van der Waals surface area contributed by atoms with E-state index in [1.165, 1.54) is 19.2 Å². The first-order chi connectivity index (χ1) is 6.63. The van der Waals surface area contributed by atoms with Crippen LogP contribution in [0.15, 0.2) is 24.3 Å². The minimum absolute atomic E-state index is 0.0808. The number of nitro benzene ring substituents is 1. The first-order valence-electron chi connectivity index (χ1n) is 4.03. The third-order valence-corrected chi connectivity index (χ3v) is 2.13. The summed E-state index contributed by atoms with van der Waals surface area (Å²) in [5, 5.41) is 10.3. The van der Waals surface area contributed by atoms with Gasteiger partial charge in [-0.3, -0.25) is 10.1 Å². The highest BCUT2D eigenvalue weighted by Gasteiger charge is 2.07. The van der Waals surface area contributed by atoms with Gasteiger partial charge in [0, 0.05) is 25.7 Å². The van der Waals surface area contributed by atoms with Crippen LogP contribution in [0.2, 0.25) is 0 Å². The fraction of sp³-hybridized carbons (Fsp3) is 0.333. The first-order valence-corrected chi connectivity index (χ1v) is 4.47. The number of benzene rings is 1. The Morgan fingerprint density at radius 1 is 1.50 bits per heavy atom. The summed E-state index contributed by atoms with van der Waals surface area (Å²) in [6.07, 6.45) is 0.538. The van der Waals surface area contributed by atoms with E-state index in [-0.39, 0.29) is 5.69 Å². The summed E-state index contributed by atoms with van der Waals surface area (Å²) < 4.78 is 4.86. The molecule has 0 spiro atoms. The molecule has 0 heterocycles. The van der Waals surface area contributed by atoms with Crippen molar-refractivity contribution < 1.29 is 9.66 Å². The molecule has 0 aliphatic rings. The molecular weight excluding hydrogens is 206 g/mol. The first kappa shape index (κ1) is 10.9. The molecule has 0 aromatic heterocycles. The number of alkyl halides is 1. The number of ether oxygens (including phenoxy) is 1. The van der Waals surface area contributed by atoms with Crippen LogP contribution in [0, 0.1) is 10.1 Å². The number of hydrogen-bond acceptors (Lipinski definition) is 3. The molecule has 0 fully saturated rings. The van der Waals surface area contributed by atoms with Crippen LogP contribution in [0.1, 0.15) is 5.56 Å². The third kappa shape index (κ3) is 2.97. The average Bonchev–Trinajstić information content (AvgIpc) is 2.18. The minimum atomic E-state index is -0.432. The Kier molecular flexibility index (Phi) is 3.85. The molecule has 0 saturated carbocycles. The van der Waals surface area contributed by atoms with Crippen molar-refractivity contribution >= 4 is 17.3 Å². The molecule has 5 heteroatoms. The van der Waals surface area contributed by atoms with E-state index in [9.17, 15) is 10.1 Å². The molecule has 1 aromatic rings. The number of halogens is 1. The van der Waals surface area contributed by atoms with Gasteiger partial charge in [-0.1, -0.05) is 23.7 Å². The molecule has 0 N–H and O–H groups in total. The largest absolute Gasteiger partial charge is 0.365 e. The van der Waals surface area contributed by atoms with Crippen LogP contribution in [-0.2, 0) is 11.2 Å². The molecule has 76 valence electrons. The molecule has 0 radical (unpaired) electrons. The van der Waals surface area contributed by atoms with Crippen LogP contribution >= 0.6 is 11.6 Å². The molecule has 0 saturated heterocycles. The zero-order chi connectivity index (χ0) is 10.6. The van der Waals surface area contributed by atoms with Crippen molar-refractivity contribution in [1.29, 1.82) is 0 Å². The van der Waals surface area contributed by atoms with Gasteiger partial charge in [0.1, 0.15) is 5.56 Å². The van der Waals surface area contributed by atoms with Gasteiger partial charge in [0.05, 0.1) is 4.92 Å². The Morgan fingerprint density at radius 2 is 2.07 bits per heavy atom. The van der Waals surface area contributed by atoms with Gasteiger partial charge in [-0.15, -0.1) is 0 Å². The van der Waals surface area contributed by atoms with E-state index in [1.807, 2.05) is 0 Å². The lowest BCUT2D eigenvalue weighted by atomic mass is 10.1. The van der Waals surface area contributed by atoms with Gasteiger partial charge >= 0.3 is 0 Å². The van der Waals surface area contributed by atoms with E-state index in [0.29, 0.717) is 6.42 Å². The number of nitro groups is 1. The fourth-order valence-corrected chi connectivity index (χ4v) is 1.20. The lowest BCUT2D eigenvalue weighted by Crippen LogP contribution is -2.05. The number of hydrogen-bond donors (Lipinski definition) is 0. The molecule has 0 bridgehead atoms. The molecule has 1 aromatic carbocycles. The lowest BCUT2D eigenvalue weighted by Gasteiger charge is -2.06. The van der Waals surface area contributed by atoms with E-state index in [0.717, 1.165) is 5.56 Å². The van der Waals surface area contributed by atoms with Crippen molar-refractivity contribution in [1.82, 2.24) is 0 Å². The second-order valence-electron chi connectivity index (χ2n) is 2.77. The van der Waals surface area contributed by atoms with Crippen LogP contribution in [0.3, 0.4) is 0 Å². The van der Waals surface area contributed by atoms with Gasteiger partial charge in [0.25, 0.3) is 5.69 Å². The van der Waals surface area contributed by atoms with Crippen molar-refractivity contribution in [2.75, 3.05) is 7.11 Å². The van der Waals surface area contributed by atoms with E-state index < -0.39 is 10.5 Å². The van der Waals surface area contributed by atoms with Crippen molar-refractivity contribution in [3.8, 4) is 0 Å². The van der Waals surface area contributed by atoms with Crippen LogP contribution < -0.4 is 0 Å². The molecule has 0 aliphatic carbocycles. The predicted octanol–water partition coefficient (Wildman–Crippen LogP) is 2.35. The van der Waals surface area contributed by atoms with Crippen molar-refractivity contribution in [3.05, 3.63) is 39.9 Å². The number of methoxy groups -OCH3 is 1. The van der Waals surface area contributed by atoms with Crippen LogP contribution in [-0.4, -0.2) is 17.6 Å². The molecule has 1 unspecified atom stereocenters. The topological polar surface area (TPSA) is 52.4 Å². The quantitative estimate of drug-likeness (QED) is 0.440. The lowest BCUT2D eigenvalue weighted by molar-refractivity contribution is -0.384. The van der Waals surface area contributed by atoms with Gasteiger partial charge in [0.15, 0.2) is 0 Å². The van der Waals surface area contributed by atoms with Crippen LogP contribution in [0.5, 0.6) is 0 Å². The Balaban J connectivity index is 2.68. The molecule has 0 aliphatic heterocycles. The Hall–Kier alpha value is -1.13. The summed E-state index contributed by atoms with van der Waals surface area (Å²) in [6, 6.07) is 6.25. The van der Waals surface area contributed by atoms with Gasteiger partial charge in [0.2, 0.25) is 0 Å².